The molecule has 1 unspecified atom stereocenters. The average Bonchev–Trinajstić information content (AvgIpc) is 3.33. The van der Waals surface area contributed by atoms with Gasteiger partial charge in [-0.25, -0.2) is 4.39 Å². The predicted octanol–water partition coefficient (Wildman–Crippen LogP) is 4.64. The fraction of sp³-hybridized carbons (Fsp3) is 0.316. The number of nitrogens with zero attached hydrogens (tertiary/aromatic N) is 3. The van der Waals surface area contributed by atoms with Gasteiger partial charge in [0.1, 0.15) is 5.82 Å². The summed E-state index contributed by atoms with van der Waals surface area (Å²) >= 11 is 1.40. The zero-order chi connectivity index (χ0) is 20.8. The highest BCUT2D eigenvalue weighted by atomic mass is 32.1. The van der Waals surface area contributed by atoms with Crippen LogP contribution in [0.5, 0.6) is 0 Å². The Morgan fingerprint density at radius 2 is 2.00 bits per heavy atom. The van der Waals surface area contributed by atoms with Crippen molar-refractivity contribution in [3.63, 3.8) is 0 Å². The number of thiophene rings is 1. The highest BCUT2D eigenvalue weighted by Gasteiger charge is 2.39. The molecule has 1 atom stereocenters. The molecule has 0 saturated carbocycles. The largest absolute Gasteiger partial charge is 0.471 e. The standard InChI is InChI=1S/C19H15F4N3O2S/c1-10(11-2-4-12(20)5-3-11)17(27)26-7-6-15-13(8-26)14(9-29-15)16-24-18(28-25-16)19(21,22)23/h2-5,9-10H,6-8H2,1H3. The molecule has 5 nitrogen and oxygen atoms in total. The number of alkyl halides is 3. The van der Waals surface area contributed by atoms with E-state index in [1.54, 1.807) is 29.3 Å². The van der Waals surface area contributed by atoms with E-state index in [-0.39, 0.29) is 24.1 Å². The van der Waals surface area contributed by atoms with Crippen LogP contribution in [-0.4, -0.2) is 27.5 Å². The van der Waals surface area contributed by atoms with Gasteiger partial charge in [-0.2, -0.15) is 18.2 Å². The first-order valence-corrected chi connectivity index (χ1v) is 9.66. The van der Waals surface area contributed by atoms with Gasteiger partial charge in [0, 0.05) is 28.9 Å². The molecule has 3 aromatic rings. The zero-order valence-corrected chi connectivity index (χ0v) is 16.0. The summed E-state index contributed by atoms with van der Waals surface area (Å²) in [6.45, 7) is 2.49. The Morgan fingerprint density at radius 3 is 2.66 bits per heavy atom. The van der Waals surface area contributed by atoms with Gasteiger partial charge in [0.2, 0.25) is 11.7 Å². The first kappa shape index (κ1) is 19.6. The lowest BCUT2D eigenvalue weighted by molar-refractivity contribution is -0.159. The molecule has 0 spiro atoms. The minimum absolute atomic E-state index is 0.136. The van der Waals surface area contributed by atoms with Crippen LogP contribution in [0.25, 0.3) is 11.4 Å². The summed E-state index contributed by atoms with van der Waals surface area (Å²) in [5, 5.41) is 5.14. The summed E-state index contributed by atoms with van der Waals surface area (Å²) in [7, 11) is 0. The molecule has 0 fully saturated rings. The van der Waals surface area contributed by atoms with Crippen LogP contribution < -0.4 is 0 Å². The smallest absolute Gasteiger partial charge is 0.337 e. The lowest BCUT2D eigenvalue weighted by Crippen LogP contribution is -2.38. The quantitative estimate of drug-likeness (QED) is 0.574. The van der Waals surface area contributed by atoms with Gasteiger partial charge >= 0.3 is 12.1 Å². The Bertz CT molecular complexity index is 1040. The second-order valence-electron chi connectivity index (χ2n) is 6.76. The van der Waals surface area contributed by atoms with Crippen LogP contribution in [0.15, 0.2) is 34.2 Å². The molecule has 1 aromatic carbocycles. The van der Waals surface area contributed by atoms with Gasteiger partial charge in [-0.05, 0) is 36.6 Å². The Hall–Kier alpha value is -2.75. The SMILES string of the molecule is CC(C(=O)N1CCc2scc(-c3noc(C(F)(F)F)n3)c2C1)c1ccc(F)cc1. The van der Waals surface area contributed by atoms with Crippen molar-refractivity contribution in [1.29, 1.82) is 0 Å². The van der Waals surface area contributed by atoms with Crippen molar-refractivity contribution in [3.05, 3.63) is 57.4 Å². The van der Waals surface area contributed by atoms with E-state index in [2.05, 4.69) is 14.7 Å². The number of carbonyl (C=O) groups excluding carboxylic acids is 1. The molecule has 4 rings (SSSR count). The van der Waals surface area contributed by atoms with Gasteiger partial charge in [0.05, 0.1) is 5.92 Å². The lowest BCUT2D eigenvalue weighted by Gasteiger charge is -2.30. The Labute approximate surface area is 167 Å². The zero-order valence-electron chi connectivity index (χ0n) is 15.2. The summed E-state index contributed by atoms with van der Waals surface area (Å²) in [5.74, 6) is -2.53. The Kier molecular flexibility index (Phi) is 4.89. The molecule has 1 aliphatic heterocycles. The minimum Gasteiger partial charge on any atom is -0.337 e. The normalized spacial score (nSPS) is 15.3. The summed E-state index contributed by atoms with van der Waals surface area (Å²) in [5.41, 5.74) is 1.87. The van der Waals surface area contributed by atoms with Crippen molar-refractivity contribution in [1.82, 2.24) is 15.0 Å². The van der Waals surface area contributed by atoms with Crippen LogP contribution >= 0.6 is 11.3 Å². The molecule has 2 aromatic heterocycles. The lowest BCUT2D eigenvalue weighted by atomic mass is 9.97. The number of aromatic nitrogens is 2. The van der Waals surface area contributed by atoms with Crippen LogP contribution in [-0.2, 0) is 23.9 Å². The molecule has 1 amide bonds. The third kappa shape index (κ3) is 3.76. The van der Waals surface area contributed by atoms with Gasteiger partial charge in [-0.1, -0.05) is 17.3 Å². The monoisotopic (exact) mass is 425 g/mol. The Morgan fingerprint density at radius 1 is 1.28 bits per heavy atom. The molecule has 0 N–H and O–H groups in total. The number of rotatable bonds is 3. The fourth-order valence-corrected chi connectivity index (χ4v) is 4.34. The van der Waals surface area contributed by atoms with Crippen molar-refractivity contribution in [3.8, 4) is 11.4 Å². The van der Waals surface area contributed by atoms with Gasteiger partial charge in [-0.3, -0.25) is 4.79 Å². The maximum atomic E-state index is 13.1. The number of hydrogen-bond donors (Lipinski definition) is 0. The average molecular weight is 425 g/mol. The summed E-state index contributed by atoms with van der Waals surface area (Å²) in [6, 6.07) is 5.75. The molecule has 0 bridgehead atoms. The third-order valence-electron chi connectivity index (χ3n) is 4.90. The maximum Gasteiger partial charge on any atom is 0.471 e. The van der Waals surface area contributed by atoms with Crippen molar-refractivity contribution in [2.75, 3.05) is 6.54 Å². The number of benzene rings is 1. The van der Waals surface area contributed by atoms with Crippen LogP contribution in [0.4, 0.5) is 17.6 Å². The number of fused-ring (bicyclic) bond motifs is 1. The molecular weight excluding hydrogens is 410 g/mol. The van der Waals surface area contributed by atoms with Gasteiger partial charge < -0.3 is 9.42 Å². The molecule has 152 valence electrons. The Balaban J connectivity index is 1.57. The van der Waals surface area contributed by atoms with Gasteiger partial charge in [-0.15, -0.1) is 11.3 Å². The predicted molar refractivity (Wildman–Crippen MR) is 96.5 cm³/mol. The van der Waals surface area contributed by atoms with E-state index in [4.69, 9.17) is 0 Å². The van der Waals surface area contributed by atoms with E-state index >= 15 is 0 Å². The van der Waals surface area contributed by atoms with Crippen LogP contribution in [0.3, 0.4) is 0 Å². The highest BCUT2D eigenvalue weighted by Crippen LogP contribution is 2.36. The van der Waals surface area contributed by atoms with Crippen LogP contribution in [0.1, 0.15) is 34.7 Å². The number of hydrogen-bond acceptors (Lipinski definition) is 5. The van der Waals surface area contributed by atoms with Crippen molar-refractivity contribution in [2.24, 2.45) is 0 Å². The molecule has 0 saturated heterocycles. The number of carbonyl (C=O) groups is 1. The minimum atomic E-state index is -4.71. The second-order valence-corrected chi connectivity index (χ2v) is 7.72. The van der Waals surface area contributed by atoms with Crippen LogP contribution in [0, 0.1) is 5.82 Å². The van der Waals surface area contributed by atoms with Crippen molar-refractivity contribution < 1.29 is 26.9 Å². The van der Waals surface area contributed by atoms with Crippen molar-refractivity contribution in [2.45, 2.75) is 32.0 Å². The molecule has 10 heteroatoms. The fourth-order valence-electron chi connectivity index (χ4n) is 3.30. The van der Waals surface area contributed by atoms with Crippen LogP contribution in [0.2, 0.25) is 0 Å². The van der Waals surface area contributed by atoms with E-state index in [1.165, 1.54) is 23.5 Å². The second kappa shape index (κ2) is 7.25. The molecule has 29 heavy (non-hydrogen) atoms. The summed E-state index contributed by atoms with van der Waals surface area (Å²) in [6.07, 6.45) is -4.13. The van der Waals surface area contributed by atoms with Gasteiger partial charge in [0.15, 0.2) is 0 Å². The molecule has 1 aliphatic rings. The topological polar surface area (TPSA) is 59.2 Å². The van der Waals surface area contributed by atoms with E-state index in [0.717, 1.165) is 10.4 Å². The molecule has 3 heterocycles. The van der Waals surface area contributed by atoms with Crippen molar-refractivity contribution >= 4 is 17.2 Å². The molecule has 0 aliphatic carbocycles. The van der Waals surface area contributed by atoms with E-state index in [9.17, 15) is 22.4 Å². The van der Waals surface area contributed by atoms with Gasteiger partial charge in [0.25, 0.3) is 0 Å². The van der Waals surface area contributed by atoms with E-state index in [0.29, 0.717) is 24.1 Å². The van der Waals surface area contributed by atoms with E-state index < -0.39 is 18.0 Å². The third-order valence-corrected chi connectivity index (χ3v) is 5.99. The summed E-state index contributed by atoms with van der Waals surface area (Å²) < 4.78 is 55.7. The molecular formula is C19H15F4N3O2S. The first-order chi connectivity index (χ1) is 13.7. The summed E-state index contributed by atoms with van der Waals surface area (Å²) in [4.78, 5) is 19.0. The maximum absolute atomic E-state index is 13.1. The number of halogens is 4. The number of amides is 1. The highest BCUT2D eigenvalue weighted by molar-refractivity contribution is 7.10. The van der Waals surface area contributed by atoms with E-state index in [1.807, 2.05) is 0 Å². The first-order valence-electron chi connectivity index (χ1n) is 8.79. The molecule has 0 radical (unpaired) electrons.